The van der Waals surface area contributed by atoms with Gasteiger partial charge in [0.25, 0.3) is 5.71 Å². The summed E-state index contributed by atoms with van der Waals surface area (Å²) in [6, 6.07) is 9.10. The maximum absolute atomic E-state index is 11.9. The summed E-state index contributed by atoms with van der Waals surface area (Å²) in [6.07, 6.45) is 0.292. The molecule has 0 saturated carbocycles. The maximum atomic E-state index is 11.9. The molecule has 0 radical (unpaired) electrons. The Morgan fingerprint density at radius 1 is 1.27 bits per heavy atom. The molecule has 15 heavy (non-hydrogen) atoms. The molecule has 0 bridgehead atoms. The second kappa shape index (κ2) is 3.19. The molecule has 3 heteroatoms. The lowest BCUT2D eigenvalue weighted by atomic mass is 10.0. The number of ketones is 1. The first kappa shape index (κ1) is 9.90. The van der Waals surface area contributed by atoms with Gasteiger partial charge < -0.3 is 5.21 Å². The van der Waals surface area contributed by atoms with Gasteiger partial charge in [0.05, 0.1) is 12.0 Å². The molecule has 0 spiro atoms. The van der Waals surface area contributed by atoms with E-state index < -0.39 is 5.54 Å². The summed E-state index contributed by atoms with van der Waals surface area (Å²) in [7, 11) is 0. The van der Waals surface area contributed by atoms with Gasteiger partial charge in [-0.1, -0.05) is 18.2 Å². The second-order valence-electron chi connectivity index (χ2n) is 4.42. The minimum atomic E-state index is -0.609. The summed E-state index contributed by atoms with van der Waals surface area (Å²) in [5.41, 5.74) is 0.395. The Bertz CT molecular complexity index is 432. The summed E-state index contributed by atoms with van der Waals surface area (Å²) in [4.78, 5) is 11.7. The van der Waals surface area contributed by atoms with Crippen molar-refractivity contribution < 1.29 is 9.53 Å². The van der Waals surface area contributed by atoms with E-state index in [1.165, 1.54) is 0 Å². The molecule has 1 aromatic carbocycles. The molecule has 1 aliphatic rings. The number of rotatable bonds is 1. The summed E-state index contributed by atoms with van der Waals surface area (Å²) in [6.45, 7) is 3.57. The Labute approximate surface area is 88.6 Å². The van der Waals surface area contributed by atoms with Crippen LogP contribution in [-0.2, 0) is 4.79 Å². The van der Waals surface area contributed by atoms with Crippen LogP contribution in [0.25, 0.3) is 0 Å². The minimum Gasteiger partial charge on any atom is -0.623 e. The molecule has 1 aliphatic heterocycles. The Morgan fingerprint density at radius 3 is 2.33 bits per heavy atom. The molecule has 2 rings (SSSR count). The van der Waals surface area contributed by atoms with Crippen LogP contribution in [0.4, 0.5) is 0 Å². The van der Waals surface area contributed by atoms with Crippen LogP contribution in [0.1, 0.15) is 25.8 Å². The highest BCUT2D eigenvalue weighted by Crippen LogP contribution is 2.23. The van der Waals surface area contributed by atoms with Crippen molar-refractivity contribution in [3.63, 3.8) is 0 Å². The van der Waals surface area contributed by atoms with Gasteiger partial charge in [-0.05, 0) is 12.1 Å². The summed E-state index contributed by atoms with van der Waals surface area (Å²) < 4.78 is 0.838. The van der Waals surface area contributed by atoms with Crippen LogP contribution in [-0.4, -0.2) is 21.8 Å². The number of hydrogen-bond acceptors (Lipinski definition) is 2. The molecular weight excluding hydrogens is 190 g/mol. The lowest BCUT2D eigenvalue weighted by molar-refractivity contribution is -0.530. The molecule has 0 atom stereocenters. The third-order valence-electron chi connectivity index (χ3n) is 2.66. The molecule has 0 fully saturated rings. The van der Waals surface area contributed by atoms with Crippen LogP contribution in [0.5, 0.6) is 0 Å². The van der Waals surface area contributed by atoms with E-state index in [9.17, 15) is 10.0 Å². The zero-order valence-corrected chi connectivity index (χ0v) is 8.86. The normalized spacial score (nSPS) is 19.7. The van der Waals surface area contributed by atoms with E-state index >= 15 is 0 Å². The van der Waals surface area contributed by atoms with E-state index in [2.05, 4.69) is 0 Å². The van der Waals surface area contributed by atoms with Crippen LogP contribution < -0.4 is 0 Å². The first-order valence-electron chi connectivity index (χ1n) is 4.95. The summed E-state index contributed by atoms with van der Waals surface area (Å²) in [5, 5.41) is 11.9. The fourth-order valence-electron chi connectivity index (χ4n) is 1.84. The van der Waals surface area contributed by atoms with E-state index in [4.69, 9.17) is 0 Å². The van der Waals surface area contributed by atoms with Crippen LogP contribution in [0.15, 0.2) is 30.3 Å². The van der Waals surface area contributed by atoms with Gasteiger partial charge in [-0.25, -0.2) is 0 Å². The van der Waals surface area contributed by atoms with Crippen molar-refractivity contribution >= 4 is 11.5 Å². The molecule has 0 unspecified atom stereocenters. The molecule has 0 amide bonds. The van der Waals surface area contributed by atoms with E-state index in [0.29, 0.717) is 17.7 Å². The van der Waals surface area contributed by atoms with Crippen LogP contribution >= 0.6 is 0 Å². The number of carbonyl (C=O) groups is 1. The van der Waals surface area contributed by atoms with Crippen molar-refractivity contribution in [2.75, 3.05) is 0 Å². The molecule has 0 N–H and O–H groups in total. The first-order valence-corrected chi connectivity index (χ1v) is 4.95. The Kier molecular flexibility index (Phi) is 2.11. The Morgan fingerprint density at radius 2 is 1.87 bits per heavy atom. The van der Waals surface area contributed by atoms with E-state index in [1.54, 1.807) is 26.0 Å². The standard InChI is InChI=1S/C12H13NO2/c1-12(2)8-10(14)11(13(12)15)9-6-4-3-5-7-9/h3-7H,8H2,1-2H3. The number of benzene rings is 1. The second-order valence-corrected chi connectivity index (χ2v) is 4.42. The predicted molar refractivity (Wildman–Crippen MR) is 57.9 cm³/mol. The lowest BCUT2D eigenvalue weighted by Gasteiger charge is -2.16. The van der Waals surface area contributed by atoms with Gasteiger partial charge in [0.1, 0.15) is 0 Å². The average Bonchev–Trinajstić information content (AvgIpc) is 2.38. The largest absolute Gasteiger partial charge is 0.623 e. The Hall–Kier alpha value is -1.64. The molecule has 0 aliphatic carbocycles. The minimum absolute atomic E-state index is 0.0683. The molecule has 3 nitrogen and oxygen atoms in total. The van der Waals surface area contributed by atoms with E-state index in [1.807, 2.05) is 18.2 Å². The van der Waals surface area contributed by atoms with Gasteiger partial charge in [-0.15, -0.1) is 0 Å². The van der Waals surface area contributed by atoms with E-state index in [-0.39, 0.29) is 5.78 Å². The fourth-order valence-corrected chi connectivity index (χ4v) is 1.84. The quantitative estimate of drug-likeness (QED) is 0.515. The summed E-state index contributed by atoms with van der Waals surface area (Å²) >= 11 is 0. The molecular formula is C12H13NO2. The number of hydrogen-bond donors (Lipinski definition) is 0. The highest BCUT2D eigenvalue weighted by atomic mass is 16.5. The highest BCUT2D eigenvalue weighted by molar-refractivity contribution is 6.45. The topological polar surface area (TPSA) is 43.1 Å². The SMILES string of the molecule is CC1(C)CC(=O)C(c2ccccc2)=[N+]1[O-]. The Balaban J connectivity index is 2.54. The summed E-state index contributed by atoms with van der Waals surface area (Å²) in [5.74, 6) is -0.0683. The van der Waals surface area contributed by atoms with Crippen molar-refractivity contribution in [3.8, 4) is 0 Å². The highest BCUT2D eigenvalue weighted by Gasteiger charge is 2.43. The number of carbonyl (C=O) groups excluding carboxylic acids is 1. The third-order valence-corrected chi connectivity index (χ3v) is 2.66. The molecule has 0 aromatic heterocycles. The maximum Gasteiger partial charge on any atom is 0.262 e. The van der Waals surface area contributed by atoms with Crippen molar-refractivity contribution in [2.45, 2.75) is 25.8 Å². The molecule has 78 valence electrons. The number of hydroxylamine groups is 1. The van der Waals surface area contributed by atoms with Gasteiger partial charge in [0.15, 0.2) is 5.54 Å². The average molecular weight is 203 g/mol. The van der Waals surface area contributed by atoms with Crippen molar-refractivity contribution in [2.24, 2.45) is 0 Å². The van der Waals surface area contributed by atoms with Crippen LogP contribution in [0, 0.1) is 5.21 Å². The van der Waals surface area contributed by atoms with Crippen LogP contribution in [0.2, 0.25) is 0 Å². The van der Waals surface area contributed by atoms with E-state index in [0.717, 1.165) is 4.74 Å². The molecule has 1 aromatic rings. The van der Waals surface area contributed by atoms with Crippen LogP contribution in [0.3, 0.4) is 0 Å². The zero-order valence-electron chi connectivity index (χ0n) is 8.86. The fraction of sp³-hybridized carbons (Fsp3) is 0.333. The van der Waals surface area contributed by atoms with Gasteiger partial charge in [-0.3, -0.25) is 4.79 Å². The first-order chi connectivity index (χ1) is 7.02. The monoisotopic (exact) mass is 203 g/mol. The smallest absolute Gasteiger partial charge is 0.262 e. The van der Waals surface area contributed by atoms with Gasteiger partial charge in [0, 0.05) is 13.8 Å². The lowest BCUT2D eigenvalue weighted by Crippen LogP contribution is -2.29. The number of Topliss-reactive ketones (excluding diaryl/α,β-unsaturated/α-hetero) is 1. The van der Waals surface area contributed by atoms with Gasteiger partial charge >= 0.3 is 0 Å². The van der Waals surface area contributed by atoms with Gasteiger partial charge in [0.2, 0.25) is 5.78 Å². The number of nitrogens with zero attached hydrogens (tertiary/aromatic N) is 1. The van der Waals surface area contributed by atoms with Crippen molar-refractivity contribution in [1.29, 1.82) is 0 Å². The van der Waals surface area contributed by atoms with Crippen molar-refractivity contribution in [3.05, 3.63) is 41.1 Å². The van der Waals surface area contributed by atoms with Gasteiger partial charge in [-0.2, -0.15) is 4.74 Å². The predicted octanol–water partition coefficient (Wildman–Crippen LogP) is 1.74. The van der Waals surface area contributed by atoms with Crippen molar-refractivity contribution in [1.82, 2.24) is 0 Å². The zero-order chi connectivity index (χ0) is 11.1. The third kappa shape index (κ3) is 1.54. The molecule has 0 saturated heterocycles. The molecule has 1 heterocycles.